The fourth-order valence-electron chi connectivity index (χ4n) is 1.91. The van der Waals surface area contributed by atoms with Crippen molar-refractivity contribution >= 4 is 28.9 Å². The maximum atomic E-state index is 12.8. The van der Waals surface area contributed by atoms with Crippen LogP contribution in [0.5, 0.6) is 5.75 Å². The molecular formula is C16H14ClF3N2O2. The third-order valence-corrected chi connectivity index (χ3v) is 3.43. The fraction of sp³-hybridized carbons (Fsp3) is 0.188. The summed E-state index contributed by atoms with van der Waals surface area (Å²) >= 11 is 5.54. The zero-order valence-electron chi connectivity index (χ0n) is 12.6. The Morgan fingerprint density at radius 3 is 2.33 bits per heavy atom. The maximum absolute atomic E-state index is 12.8. The Morgan fingerprint density at radius 2 is 1.75 bits per heavy atom. The van der Waals surface area contributed by atoms with Crippen LogP contribution in [0.25, 0.3) is 0 Å². The summed E-state index contributed by atoms with van der Waals surface area (Å²) in [6.45, 7) is -0.190. The van der Waals surface area contributed by atoms with E-state index in [1.54, 1.807) is 24.3 Å². The Balaban J connectivity index is 1.96. The largest absolute Gasteiger partial charge is 0.497 e. The lowest BCUT2D eigenvalue weighted by Gasteiger charge is -2.12. The van der Waals surface area contributed by atoms with E-state index in [9.17, 15) is 18.0 Å². The molecule has 24 heavy (non-hydrogen) atoms. The number of nitrogens with one attached hydrogen (secondary N) is 2. The molecule has 0 heterocycles. The van der Waals surface area contributed by atoms with Gasteiger partial charge in [0.15, 0.2) is 0 Å². The van der Waals surface area contributed by atoms with Gasteiger partial charge in [0.05, 0.1) is 24.2 Å². The van der Waals surface area contributed by atoms with Crippen molar-refractivity contribution in [2.24, 2.45) is 0 Å². The van der Waals surface area contributed by atoms with Crippen LogP contribution in [0.3, 0.4) is 0 Å². The number of halogens is 4. The van der Waals surface area contributed by atoms with Gasteiger partial charge in [-0.15, -0.1) is 0 Å². The minimum absolute atomic E-state index is 0.150. The van der Waals surface area contributed by atoms with Crippen molar-refractivity contribution in [1.82, 2.24) is 0 Å². The summed E-state index contributed by atoms with van der Waals surface area (Å²) in [5.41, 5.74) is -0.254. The third kappa shape index (κ3) is 4.79. The number of amides is 1. The van der Waals surface area contributed by atoms with Crippen LogP contribution in [0.15, 0.2) is 42.5 Å². The molecule has 4 nitrogen and oxygen atoms in total. The van der Waals surface area contributed by atoms with Crippen LogP contribution in [0.4, 0.5) is 24.5 Å². The Kier molecular flexibility index (Phi) is 5.56. The fourth-order valence-corrected chi connectivity index (χ4v) is 2.14. The van der Waals surface area contributed by atoms with Crippen LogP contribution < -0.4 is 15.4 Å². The van der Waals surface area contributed by atoms with Crippen LogP contribution in [0.1, 0.15) is 5.56 Å². The second kappa shape index (κ2) is 7.44. The SMILES string of the molecule is COc1ccc(NC(=O)CNc2ccc(Cl)c(C(F)(F)F)c2)cc1. The summed E-state index contributed by atoms with van der Waals surface area (Å²) in [5.74, 6) is 0.246. The minimum atomic E-state index is -4.56. The monoisotopic (exact) mass is 358 g/mol. The summed E-state index contributed by atoms with van der Waals surface area (Å²) < 4.78 is 43.3. The minimum Gasteiger partial charge on any atom is -0.497 e. The molecule has 2 aromatic carbocycles. The summed E-state index contributed by atoms with van der Waals surface area (Å²) in [6.07, 6.45) is -4.56. The van der Waals surface area contributed by atoms with E-state index >= 15 is 0 Å². The third-order valence-electron chi connectivity index (χ3n) is 3.10. The first kappa shape index (κ1) is 17.9. The second-order valence-electron chi connectivity index (χ2n) is 4.82. The molecule has 0 saturated carbocycles. The van der Waals surface area contributed by atoms with Crippen LogP contribution in [-0.2, 0) is 11.0 Å². The van der Waals surface area contributed by atoms with Gasteiger partial charge in [0.25, 0.3) is 0 Å². The Labute approximate surface area is 141 Å². The number of methoxy groups -OCH3 is 1. The summed E-state index contributed by atoms with van der Waals surface area (Å²) in [5, 5.41) is 4.85. The number of benzene rings is 2. The van der Waals surface area contributed by atoms with Gasteiger partial charge in [0.1, 0.15) is 5.75 Å². The molecule has 0 aromatic heterocycles. The molecule has 0 fully saturated rings. The molecule has 0 radical (unpaired) electrons. The lowest BCUT2D eigenvalue weighted by Crippen LogP contribution is -2.22. The predicted octanol–water partition coefficient (Wildman–Crippen LogP) is 4.42. The van der Waals surface area contributed by atoms with E-state index in [0.717, 1.165) is 12.1 Å². The topological polar surface area (TPSA) is 50.4 Å². The highest BCUT2D eigenvalue weighted by Gasteiger charge is 2.33. The molecule has 0 aliphatic carbocycles. The molecule has 128 valence electrons. The summed E-state index contributed by atoms with van der Waals surface area (Å²) in [7, 11) is 1.53. The van der Waals surface area contributed by atoms with Crippen molar-refractivity contribution in [2.75, 3.05) is 24.3 Å². The standard InChI is InChI=1S/C16H14ClF3N2O2/c1-24-12-5-2-10(3-6-12)22-15(23)9-21-11-4-7-14(17)13(8-11)16(18,19)20/h2-8,21H,9H2,1H3,(H,22,23). The van der Waals surface area contributed by atoms with Crippen LogP contribution in [0, 0.1) is 0 Å². The Morgan fingerprint density at radius 1 is 1.12 bits per heavy atom. The van der Waals surface area contributed by atoms with Gasteiger partial charge < -0.3 is 15.4 Å². The highest BCUT2D eigenvalue weighted by molar-refractivity contribution is 6.31. The van der Waals surface area contributed by atoms with Crippen LogP contribution in [-0.4, -0.2) is 19.6 Å². The van der Waals surface area contributed by atoms with Gasteiger partial charge in [-0.3, -0.25) is 4.79 Å². The van der Waals surface area contributed by atoms with E-state index in [4.69, 9.17) is 16.3 Å². The van der Waals surface area contributed by atoms with Crippen molar-refractivity contribution < 1.29 is 22.7 Å². The van der Waals surface area contributed by atoms with E-state index in [0.29, 0.717) is 11.4 Å². The van der Waals surface area contributed by atoms with Gasteiger partial charge >= 0.3 is 6.18 Å². The van der Waals surface area contributed by atoms with E-state index < -0.39 is 22.7 Å². The first-order valence-corrected chi connectivity index (χ1v) is 7.22. The van der Waals surface area contributed by atoms with Gasteiger partial charge in [0, 0.05) is 11.4 Å². The molecule has 2 N–H and O–H groups in total. The number of hydrogen-bond acceptors (Lipinski definition) is 3. The van der Waals surface area contributed by atoms with Crippen molar-refractivity contribution in [3.63, 3.8) is 0 Å². The van der Waals surface area contributed by atoms with E-state index in [1.165, 1.54) is 13.2 Å². The van der Waals surface area contributed by atoms with Crippen molar-refractivity contribution in [3.8, 4) is 5.75 Å². The molecule has 0 saturated heterocycles. The number of carbonyl (C=O) groups is 1. The molecular weight excluding hydrogens is 345 g/mol. The normalized spacial score (nSPS) is 11.0. The molecule has 0 atom stereocenters. The van der Waals surface area contributed by atoms with E-state index in [1.807, 2.05) is 0 Å². The Hall–Kier alpha value is -2.41. The van der Waals surface area contributed by atoms with Gasteiger partial charge in [-0.05, 0) is 42.5 Å². The average Bonchev–Trinajstić information content (AvgIpc) is 2.53. The molecule has 2 aromatic rings. The van der Waals surface area contributed by atoms with Gasteiger partial charge in [-0.2, -0.15) is 13.2 Å². The first-order chi connectivity index (χ1) is 11.3. The smallest absolute Gasteiger partial charge is 0.417 e. The number of alkyl halides is 3. The molecule has 0 spiro atoms. The average molecular weight is 359 g/mol. The summed E-state index contributed by atoms with van der Waals surface area (Å²) in [6, 6.07) is 10.0. The van der Waals surface area contributed by atoms with E-state index in [2.05, 4.69) is 10.6 Å². The van der Waals surface area contributed by atoms with Gasteiger partial charge in [-0.1, -0.05) is 11.6 Å². The van der Waals surface area contributed by atoms with Crippen molar-refractivity contribution in [2.45, 2.75) is 6.18 Å². The number of ether oxygens (including phenoxy) is 1. The maximum Gasteiger partial charge on any atom is 0.417 e. The molecule has 0 unspecified atom stereocenters. The van der Waals surface area contributed by atoms with Gasteiger partial charge in [0.2, 0.25) is 5.91 Å². The highest BCUT2D eigenvalue weighted by Crippen LogP contribution is 2.36. The number of rotatable bonds is 5. The predicted molar refractivity (Wildman–Crippen MR) is 86.6 cm³/mol. The van der Waals surface area contributed by atoms with Crippen molar-refractivity contribution in [3.05, 3.63) is 53.1 Å². The lowest BCUT2D eigenvalue weighted by molar-refractivity contribution is -0.137. The number of anilines is 2. The molecule has 0 aliphatic heterocycles. The number of carbonyl (C=O) groups excluding carboxylic acids is 1. The molecule has 8 heteroatoms. The first-order valence-electron chi connectivity index (χ1n) is 6.84. The molecule has 0 bridgehead atoms. The molecule has 0 aliphatic rings. The van der Waals surface area contributed by atoms with E-state index in [-0.39, 0.29) is 12.2 Å². The lowest BCUT2D eigenvalue weighted by atomic mass is 10.2. The number of hydrogen-bond donors (Lipinski definition) is 2. The second-order valence-corrected chi connectivity index (χ2v) is 5.23. The zero-order valence-corrected chi connectivity index (χ0v) is 13.3. The van der Waals surface area contributed by atoms with Crippen LogP contribution >= 0.6 is 11.6 Å². The van der Waals surface area contributed by atoms with Gasteiger partial charge in [-0.25, -0.2) is 0 Å². The highest BCUT2D eigenvalue weighted by atomic mass is 35.5. The molecule has 2 rings (SSSR count). The van der Waals surface area contributed by atoms with Crippen LogP contribution in [0.2, 0.25) is 5.02 Å². The van der Waals surface area contributed by atoms with Crippen molar-refractivity contribution in [1.29, 1.82) is 0 Å². The zero-order chi connectivity index (χ0) is 17.7. The molecule has 1 amide bonds. The summed E-state index contributed by atoms with van der Waals surface area (Å²) in [4.78, 5) is 11.8. The Bertz CT molecular complexity index is 718. The quantitative estimate of drug-likeness (QED) is 0.832.